The average molecular weight is 557 g/mol. The summed E-state index contributed by atoms with van der Waals surface area (Å²) in [4.78, 5) is 15.9. The molecule has 0 bridgehead atoms. The Kier molecular flexibility index (Phi) is 8.60. The molecule has 33 heavy (non-hydrogen) atoms. The Hall–Kier alpha value is -3.65. The first-order valence-corrected chi connectivity index (χ1v) is 11.1. The van der Waals surface area contributed by atoms with Crippen molar-refractivity contribution in [3.8, 4) is 17.6 Å². The van der Waals surface area contributed by atoms with Crippen molar-refractivity contribution >= 4 is 34.5 Å². The number of benzene rings is 3. The summed E-state index contributed by atoms with van der Waals surface area (Å²) in [5.74, 6) is 1.08. The highest BCUT2D eigenvalue weighted by atomic mass is 127. The van der Waals surface area contributed by atoms with Crippen LogP contribution in [0.1, 0.15) is 29.2 Å². The summed E-state index contributed by atoms with van der Waals surface area (Å²) in [5, 5.41) is 24.1. The van der Waals surface area contributed by atoms with Crippen molar-refractivity contribution in [2.24, 2.45) is 5.16 Å². The Balaban J connectivity index is 1.71. The van der Waals surface area contributed by atoms with E-state index in [2.05, 4.69) is 33.8 Å². The Bertz CT molecular complexity index is 1210. The molecule has 3 rings (SSSR count). The number of nitro groups is 1. The van der Waals surface area contributed by atoms with E-state index in [-0.39, 0.29) is 18.9 Å². The topological polar surface area (TPSA) is 107 Å². The van der Waals surface area contributed by atoms with E-state index < -0.39 is 4.92 Å². The number of hydrogen-bond acceptors (Lipinski definition) is 7. The van der Waals surface area contributed by atoms with E-state index in [1.165, 1.54) is 12.1 Å². The van der Waals surface area contributed by atoms with Crippen molar-refractivity contribution < 1.29 is 19.2 Å². The number of nitrogens with zero attached hydrogens (tertiary/aromatic N) is 3. The number of rotatable bonds is 10. The lowest BCUT2D eigenvalue weighted by Crippen LogP contribution is -2.03. The van der Waals surface area contributed by atoms with Gasteiger partial charge in [-0.15, -0.1) is 0 Å². The number of oxime groups is 1. The van der Waals surface area contributed by atoms with Gasteiger partial charge >= 0.3 is 0 Å². The van der Waals surface area contributed by atoms with Crippen molar-refractivity contribution in [1.82, 2.24) is 0 Å². The molecule has 0 aliphatic carbocycles. The molecule has 0 saturated carbocycles. The Labute approximate surface area is 204 Å². The van der Waals surface area contributed by atoms with Gasteiger partial charge in [0, 0.05) is 23.3 Å². The molecule has 9 heteroatoms. The van der Waals surface area contributed by atoms with E-state index >= 15 is 0 Å². The second kappa shape index (κ2) is 11.8. The van der Waals surface area contributed by atoms with Crippen molar-refractivity contribution in [3.63, 3.8) is 0 Å². The summed E-state index contributed by atoms with van der Waals surface area (Å²) >= 11 is 2.14. The van der Waals surface area contributed by atoms with Gasteiger partial charge in [0.15, 0.2) is 11.5 Å². The smallest absolute Gasteiger partial charge is 0.269 e. The maximum absolute atomic E-state index is 11.0. The number of nitriles is 1. The fraction of sp³-hybridized carbons (Fsp3) is 0.167. The van der Waals surface area contributed by atoms with E-state index in [0.29, 0.717) is 29.2 Å². The molecule has 0 radical (unpaired) electrons. The van der Waals surface area contributed by atoms with E-state index in [1.807, 2.05) is 25.1 Å². The minimum absolute atomic E-state index is 0.0137. The summed E-state index contributed by atoms with van der Waals surface area (Å²) in [6, 6.07) is 19.3. The second-order valence-corrected chi connectivity index (χ2v) is 7.92. The zero-order chi connectivity index (χ0) is 23.6. The fourth-order valence-electron chi connectivity index (χ4n) is 2.94. The maximum atomic E-state index is 11.0. The molecule has 0 amide bonds. The van der Waals surface area contributed by atoms with Crippen LogP contribution >= 0.6 is 22.6 Å². The van der Waals surface area contributed by atoms with Crippen LogP contribution in [-0.4, -0.2) is 17.7 Å². The molecule has 0 fully saturated rings. The van der Waals surface area contributed by atoms with Crippen LogP contribution in [0, 0.1) is 25.0 Å². The van der Waals surface area contributed by atoms with Crippen LogP contribution in [0.25, 0.3) is 0 Å². The standard InChI is InChI=1S/C24H20IN3O5/c1-2-31-23-12-18(14-27-33-16-20-8-4-3-7-19(20)13-26)11-22(25)24(23)32-15-17-6-5-9-21(10-17)28(29)30/h3-12,14H,2,15-16H2,1H3/b27-14-. The zero-order valence-electron chi connectivity index (χ0n) is 17.7. The molecule has 168 valence electrons. The highest BCUT2D eigenvalue weighted by Gasteiger charge is 2.13. The molecule has 0 N–H and O–H groups in total. The van der Waals surface area contributed by atoms with Gasteiger partial charge in [0.05, 0.1) is 32.9 Å². The lowest BCUT2D eigenvalue weighted by molar-refractivity contribution is -0.384. The number of ether oxygens (including phenoxy) is 2. The molecule has 0 unspecified atom stereocenters. The highest BCUT2D eigenvalue weighted by molar-refractivity contribution is 14.1. The van der Waals surface area contributed by atoms with Gasteiger partial charge in [-0.3, -0.25) is 10.1 Å². The van der Waals surface area contributed by atoms with Gasteiger partial charge in [-0.2, -0.15) is 5.26 Å². The van der Waals surface area contributed by atoms with Crippen molar-refractivity contribution in [2.75, 3.05) is 6.61 Å². The first kappa shape index (κ1) is 24.0. The predicted molar refractivity (Wildman–Crippen MR) is 131 cm³/mol. The molecule has 0 spiro atoms. The molecule has 0 aromatic heterocycles. The molecular weight excluding hydrogens is 537 g/mol. The van der Waals surface area contributed by atoms with Gasteiger partial charge in [0.1, 0.15) is 13.2 Å². The maximum Gasteiger partial charge on any atom is 0.269 e. The van der Waals surface area contributed by atoms with Gasteiger partial charge in [0.25, 0.3) is 5.69 Å². The number of hydrogen-bond donors (Lipinski definition) is 0. The summed E-state index contributed by atoms with van der Waals surface area (Å²) in [5.41, 5.74) is 2.75. The lowest BCUT2D eigenvalue weighted by Gasteiger charge is -2.14. The minimum atomic E-state index is -0.437. The van der Waals surface area contributed by atoms with Crippen LogP contribution in [0.4, 0.5) is 5.69 Å². The predicted octanol–water partition coefficient (Wildman–Crippen LogP) is 5.60. The lowest BCUT2D eigenvalue weighted by atomic mass is 10.1. The first-order valence-electron chi connectivity index (χ1n) is 9.97. The summed E-state index contributed by atoms with van der Waals surface area (Å²) < 4.78 is 12.5. The van der Waals surface area contributed by atoms with Gasteiger partial charge in [-0.05, 0) is 53.3 Å². The minimum Gasteiger partial charge on any atom is -0.490 e. The third kappa shape index (κ3) is 6.66. The van der Waals surface area contributed by atoms with Crippen molar-refractivity contribution in [3.05, 3.63) is 96.6 Å². The van der Waals surface area contributed by atoms with E-state index in [0.717, 1.165) is 14.7 Å². The summed E-state index contributed by atoms with van der Waals surface area (Å²) in [6.07, 6.45) is 1.56. The van der Waals surface area contributed by atoms with Gasteiger partial charge in [-0.1, -0.05) is 35.5 Å². The quantitative estimate of drug-likeness (QED) is 0.139. The van der Waals surface area contributed by atoms with Crippen molar-refractivity contribution in [2.45, 2.75) is 20.1 Å². The average Bonchev–Trinajstić information content (AvgIpc) is 2.82. The zero-order valence-corrected chi connectivity index (χ0v) is 19.9. The molecule has 0 aliphatic heterocycles. The molecule has 3 aromatic carbocycles. The normalized spacial score (nSPS) is 10.6. The third-order valence-electron chi connectivity index (χ3n) is 4.47. The molecule has 0 atom stereocenters. The van der Waals surface area contributed by atoms with E-state index in [9.17, 15) is 10.1 Å². The molecule has 0 heterocycles. The summed E-state index contributed by atoms with van der Waals surface area (Å²) in [7, 11) is 0. The number of non-ortho nitro benzene ring substituents is 1. The van der Waals surface area contributed by atoms with Crippen LogP contribution in [0.5, 0.6) is 11.5 Å². The number of nitro benzene ring substituents is 1. The van der Waals surface area contributed by atoms with Crippen LogP contribution in [-0.2, 0) is 18.1 Å². The molecule has 0 saturated heterocycles. The van der Waals surface area contributed by atoms with Crippen LogP contribution in [0.15, 0.2) is 65.8 Å². The van der Waals surface area contributed by atoms with Crippen molar-refractivity contribution in [1.29, 1.82) is 5.26 Å². The van der Waals surface area contributed by atoms with Crippen LogP contribution in [0.2, 0.25) is 0 Å². The van der Waals surface area contributed by atoms with Crippen LogP contribution < -0.4 is 9.47 Å². The molecule has 3 aromatic rings. The summed E-state index contributed by atoms with van der Waals surface area (Å²) in [6.45, 7) is 2.64. The number of halogens is 1. The molecule has 0 aliphatic rings. The SMILES string of the molecule is CCOc1cc(/C=N\OCc2ccccc2C#N)cc(I)c1OCc1cccc([N+](=O)[O-])c1. The first-order chi connectivity index (χ1) is 16.0. The molecule has 8 nitrogen and oxygen atoms in total. The highest BCUT2D eigenvalue weighted by Crippen LogP contribution is 2.34. The second-order valence-electron chi connectivity index (χ2n) is 6.76. The van der Waals surface area contributed by atoms with E-state index in [4.69, 9.17) is 19.6 Å². The molecular formula is C24H20IN3O5. The monoisotopic (exact) mass is 557 g/mol. The Morgan fingerprint density at radius 3 is 2.70 bits per heavy atom. The van der Waals surface area contributed by atoms with E-state index in [1.54, 1.807) is 36.5 Å². The fourth-order valence-corrected chi connectivity index (χ4v) is 3.72. The van der Waals surface area contributed by atoms with Crippen LogP contribution in [0.3, 0.4) is 0 Å². The third-order valence-corrected chi connectivity index (χ3v) is 5.27. The Morgan fingerprint density at radius 2 is 1.94 bits per heavy atom. The van der Waals surface area contributed by atoms with Gasteiger partial charge in [0.2, 0.25) is 0 Å². The van der Waals surface area contributed by atoms with Gasteiger partial charge < -0.3 is 14.3 Å². The largest absolute Gasteiger partial charge is 0.490 e. The Morgan fingerprint density at radius 1 is 1.12 bits per heavy atom. The van der Waals surface area contributed by atoms with Gasteiger partial charge in [-0.25, -0.2) is 0 Å².